The third-order valence-corrected chi connectivity index (χ3v) is 4.68. The minimum atomic E-state index is -0.709. The van der Waals surface area contributed by atoms with Crippen molar-refractivity contribution in [1.29, 1.82) is 0 Å². The molecule has 0 saturated carbocycles. The normalized spacial score (nSPS) is 17.9. The number of fused-ring (bicyclic) bond motifs is 1. The Hall–Kier alpha value is -3.45. The van der Waals surface area contributed by atoms with Crippen LogP contribution in [0.3, 0.4) is 0 Å². The maximum absolute atomic E-state index is 12.3. The van der Waals surface area contributed by atoms with Gasteiger partial charge in [-0.3, -0.25) is 14.3 Å². The maximum atomic E-state index is 12.3. The average Bonchev–Trinajstić information content (AvgIpc) is 3.08. The molecule has 7 nitrogen and oxygen atoms in total. The van der Waals surface area contributed by atoms with Crippen LogP contribution in [0.5, 0.6) is 0 Å². The first kappa shape index (κ1) is 17.9. The Labute approximate surface area is 160 Å². The summed E-state index contributed by atoms with van der Waals surface area (Å²) in [6.45, 7) is 1.63. The first-order chi connectivity index (χ1) is 13.5. The van der Waals surface area contributed by atoms with Gasteiger partial charge < -0.3 is 9.47 Å². The van der Waals surface area contributed by atoms with Crippen LogP contribution in [0.25, 0.3) is 0 Å². The van der Waals surface area contributed by atoms with E-state index in [4.69, 9.17) is 9.47 Å². The van der Waals surface area contributed by atoms with E-state index in [0.717, 1.165) is 11.1 Å². The number of benzene rings is 2. The van der Waals surface area contributed by atoms with Gasteiger partial charge in [-0.1, -0.05) is 42.5 Å². The van der Waals surface area contributed by atoms with Crippen LogP contribution in [0.15, 0.2) is 70.4 Å². The molecule has 0 unspecified atom stereocenters. The summed E-state index contributed by atoms with van der Waals surface area (Å²) in [6, 6.07) is 16.1. The lowest BCUT2D eigenvalue weighted by Crippen LogP contribution is -2.33. The highest BCUT2D eigenvalue weighted by atomic mass is 16.6. The molecule has 0 radical (unpaired) electrons. The summed E-state index contributed by atoms with van der Waals surface area (Å²) in [7, 11) is 0. The number of carbonyl (C=O) groups excluding carboxylic acids is 1. The molecule has 1 aliphatic rings. The van der Waals surface area contributed by atoms with Gasteiger partial charge in [0.2, 0.25) is 0 Å². The molecule has 0 saturated heterocycles. The Morgan fingerprint density at radius 3 is 2.50 bits per heavy atom. The number of H-pyrrole nitrogens is 1. The Bertz CT molecular complexity index is 1130. The fraction of sp³-hybridized carbons (Fsp3) is 0.190. The predicted molar refractivity (Wildman–Crippen MR) is 101 cm³/mol. The summed E-state index contributed by atoms with van der Waals surface area (Å²) in [6.07, 6.45) is 0.244. The molecule has 142 valence electrons. The highest BCUT2D eigenvalue weighted by Gasteiger charge is 2.34. The predicted octanol–water partition coefficient (Wildman–Crippen LogP) is 2.32. The largest absolute Gasteiger partial charge is 0.459 e. The lowest BCUT2D eigenvalue weighted by molar-refractivity contribution is -0.0428. The number of aromatic nitrogens is 2. The second kappa shape index (κ2) is 7.28. The molecule has 2 atom stereocenters. The van der Waals surface area contributed by atoms with E-state index in [9.17, 15) is 14.4 Å². The van der Waals surface area contributed by atoms with Crippen molar-refractivity contribution in [2.45, 2.75) is 19.3 Å². The zero-order valence-corrected chi connectivity index (χ0v) is 15.1. The summed E-state index contributed by atoms with van der Waals surface area (Å²) in [5.74, 6) is -0.442. The molecule has 0 aliphatic carbocycles. The van der Waals surface area contributed by atoms with E-state index in [1.54, 1.807) is 31.2 Å². The molecule has 4 rings (SSSR count). The molecule has 2 aromatic carbocycles. The number of aromatic amines is 1. The second-order valence-electron chi connectivity index (χ2n) is 6.55. The first-order valence-corrected chi connectivity index (χ1v) is 8.83. The number of carbonyl (C=O) groups is 1. The lowest BCUT2D eigenvalue weighted by Gasteiger charge is -2.17. The monoisotopic (exact) mass is 378 g/mol. The SMILES string of the molecule is Cc1cn([C@@H]2O[C@H](COC(=O)c3ccccc3)c3ccccc32)c(=O)[nH]c1=O. The fourth-order valence-electron chi connectivity index (χ4n) is 3.24. The first-order valence-electron chi connectivity index (χ1n) is 8.83. The van der Waals surface area contributed by atoms with Crippen molar-refractivity contribution in [3.05, 3.63) is 104 Å². The van der Waals surface area contributed by atoms with Gasteiger partial charge in [-0.05, 0) is 24.6 Å². The third kappa shape index (κ3) is 3.27. The highest BCUT2D eigenvalue weighted by Crippen LogP contribution is 2.39. The van der Waals surface area contributed by atoms with Gasteiger partial charge in [0.15, 0.2) is 6.23 Å². The minimum absolute atomic E-state index is 0.0122. The number of nitrogens with one attached hydrogen (secondary N) is 1. The van der Waals surface area contributed by atoms with Gasteiger partial charge in [0, 0.05) is 17.3 Å². The zero-order valence-electron chi connectivity index (χ0n) is 15.1. The van der Waals surface area contributed by atoms with Gasteiger partial charge in [0.05, 0.1) is 5.56 Å². The summed E-state index contributed by atoms with van der Waals surface area (Å²) >= 11 is 0. The molecular weight excluding hydrogens is 360 g/mol. The Morgan fingerprint density at radius 1 is 1.07 bits per heavy atom. The van der Waals surface area contributed by atoms with Crippen LogP contribution in [0.1, 0.15) is 39.4 Å². The van der Waals surface area contributed by atoms with E-state index in [1.165, 1.54) is 10.8 Å². The van der Waals surface area contributed by atoms with Crippen molar-refractivity contribution in [2.24, 2.45) is 0 Å². The number of rotatable bonds is 4. The topological polar surface area (TPSA) is 90.4 Å². The molecule has 28 heavy (non-hydrogen) atoms. The van der Waals surface area contributed by atoms with Crippen molar-refractivity contribution < 1.29 is 14.3 Å². The molecule has 1 N–H and O–H groups in total. The lowest BCUT2D eigenvalue weighted by atomic mass is 10.0. The Balaban J connectivity index is 1.60. The smallest absolute Gasteiger partial charge is 0.338 e. The van der Waals surface area contributed by atoms with Crippen LogP contribution in [-0.4, -0.2) is 22.1 Å². The molecule has 0 amide bonds. The van der Waals surface area contributed by atoms with Crippen molar-refractivity contribution in [3.63, 3.8) is 0 Å². The second-order valence-corrected chi connectivity index (χ2v) is 6.55. The molecule has 0 bridgehead atoms. The van der Waals surface area contributed by atoms with Gasteiger partial charge in [-0.15, -0.1) is 0 Å². The number of hydrogen-bond donors (Lipinski definition) is 1. The molecule has 1 aromatic heterocycles. The quantitative estimate of drug-likeness (QED) is 0.704. The van der Waals surface area contributed by atoms with Crippen LogP contribution >= 0.6 is 0 Å². The molecule has 1 aliphatic heterocycles. The summed E-state index contributed by atoms with van der Waals surface area (Å²) < 4.78 is 12.8. The number of aryl methyl sites for hydroxylation is 1. The number of esters is 1. The molecule has 0 fully saturated rings. The summed E-state index contributed by atoms with van der Waals surface area (Å²) in [5.41, 5.74) is 1.50. The summed E-state index contributed by atoms with van der Waals surface area (Å²) in [5, 5.41) is 0. The fourth-order valence-corrected chi connectivity index (χ4v) is 3.24. The van der Waals surface area contributed by atoms with Crippen LogP contribution in [0, 0.1) is 6.92 Å². The number of nitrogens with zero attached hydrogens (tertiary/aromatic N) is 1. The van der Waals surface area contributed by atoms with Crippen molar-refractivity contribution in [1.82, 2.24) is 9.55 Å². The van der Waals surface area contributed by atoms with E-state index in [2.05, 4.69) is 4.98 Å². The molecule has 3 aromatic rings. The molecule has 0 spiro atoms. The van der Waals surface area contributed by atoms with Gasteiger partial charge in [0.1, 0.15) is 12.7 Å². The molecule has 7 heteroatoms. The number of hydrogen-bond acceptors (Lipinski definition) is 5. The van der Waals surface area contributed by atoms with E-state index < -0.39 is 29.6 Å². The summed E-state index contributed by atoms with van der Waals surface area (Å²) in [4.78, 5) is 38.5. The van der Waals surface area contributed by atoms with E-state index in [1.807, 2.05) is 30.3 Å². The van der Waals surface area contributed by atoms with E-state index >= 15 is 0 Å². The van der Waals surface area contributed by atoms with Gasteiger partial charge >= 0.3 is 11.7 Å². The molecular formula is C21H18N2O5. The van der Waals surface area contributed by atoms with Gasteiger partial charge in [-0.2, -0.15) is 0 Å². The van der Waals surface area contributed by atoms with Crippen molar-refractivity contribution in [2.75, 3.05) is 6.61 Å². The van der Waals surface area contributed by atoms with Crippen LogP contribution in [0.2, 0.25) is 0 Å². The van der Waals surface area contributed by atoms with Crippen LogP contribution in [0.4, 0.5) is 0 Å². The van der Waals surface area contributed by atoms with Crippen molar-refractivity contribution >= 4 is 5.97 Å². The standard InChI is InChI=1S/C21H18N2O5/c1-13-11-23(21(26)22-18(13)24)19-16-10-6-5-9-15(16)17(28-19)12-27-20(25)14-7-3-2-4-8-14/h2-11,17,19H,12H2,1H3,(H,22,24,26)/t17-,19-/m1/s1. The molecule has 2 heterocycles. The minimum Gasteiger partial charge on any atom is -0.459 e. The van der Waals surface area contributed by atoms with Gasteiger partial charge in [0.25, 0.3) is 5.56 Å². The van der Waals surface area contributed by atoms with Crippen LogP contribution in [-0.2, 0) is 9.47 Å². The average molecular weight is 378 g/mol. The van der Waals surface area contributed by atoms with E-state index in [0.29, 0.717) is 11.1 Å². The zero-order chi connectivity index (χ0) is 19.7. The third-order valence-electron chi connectivity index (χ3n) is 4.68. The number of ether oxygens (including phenoxy) is 2. The Kier molecular flexibility index (Phi) is 4.67. The van der Waals surface area contributed by atoms with Crippen molar-refractivity contribution in [3.8, 4) is 0 Å². The maximum Gasteiger partial charge on any atom is 0.338 e. The van der Waals surface area contributed by atoms with Crippen LogP contribution < -0.4 is 11.2 Å². The van der Waals surface area contributed by atoms with E-state index in [-0.39, 0.29) is 6.61 Å². The highest BCUT2D eigenvalue weighted by molar-refractivity contribution is 5.89. The Morgan fingerprint density at radius 2 is 1.75 bits per heavy atom. The van der Waals surface area contributed by atoms with Gasteiger partial charge in [-0.25, -0.2) is 9.59 Å².